The summed E-state index contributed by atoms with van der Waals surface area (Å²) in [7, 11) is 1.85. The van der Waals surface area contributed by atoms with E-state index in [2.05, 4.69) is 46.5 Å². The van der Waals surface area contributed by atoms with Gasteiger partial charge in [0.1, 0.15) is 0 Å². The number of benzene rings is 1. The van der Waals surface area contributed by atoms with Crippen molar-refractivity contribution in [2.75, 3.05) is 19.6 Å². The van der Waals surface area contributed by atoms with Gasteiger partial charge in [0.25, 0.3) is 5.91 Å². The van der Waals surface area contributed by atoms with Crippen LogP contribution in [0.4, 0.5) is 0 Å². The van der Waals surface area contributed by atoms with Crippen LogP contribution in [0.15, 0.2) is 36.7 Å². The maximum absolute atomic E-state index is 13.0. The van der Waals surface area contributed by atoms with Gasteiger partial charge in [0, 0.05) is 44.2 Å². The maximum atomic E-state index is 13.0. The second-order valence-electron chi connectivity index (χ2n) is 7.29. The molecular weight excluding hydrogens is 312 g/mol. The molecule has 1 amide bonds. The van der Waals surface area contributed by atoms with E-state index < -0.39 is 0 Å². The van der Waals surface area contributed by atoms with Gasteiger partial charge in [-0.15, -0.1) is 0 Å². The number of carbonyl (C=O) groups excluding carboxylic acids is 1. The van der Waals surface area contributed by atoms with E-state index in [1.165, 1.54) is 11.1 Å². The largest absolute Gasteiger partial charge is 0.335 e. The Hall–Kier alpha value is -2.14. The molecule has 1 aromatic heterocycles. The van der Waals surface area contributed by atoms with Gasteiger partial charge in [-0.1, -0.05) is 31.2 Å². The number of fused-ring (bicyclic) bond motifs is 1. The number of hydrogen-bond donors (Lipinski definition) is 1. The predicted octanol–water partition coefficient (Wildman–Crippen LogP) is 2.20. The molecule has 0 radical (unpaired) electrons. The van der Waals surface area contributed by atoms with Crippen molar-refractivity contribution >= 4 is 5.91 Å². The molecule has 3 atom stereocenters. The summed E-state index contributed by atoms with van der Waals surface area (Å²) in [5, 5.41) is 7.69. The number of likely N-dealkylation sites (tertiary alicyclic amines) is 1. The fourth-order valence-corrected chi connectivity index (χ4v) is 4.43. The van der Waals surface area contributed by atoms with Crippen LogP contribution in [0, 0.1) is 5.92 Å². The van der Waals surface area contributed by atoms with E-state index in [9.17, 15) is 4.79 Å². The molecule has 2 aromatic rings. The molecule has 2 aliphatic heterocycles. The van der Waals surface area contributed by atoms with E-state index in [1.807, 2.05) is 13.2 Å². The van der Waals surface area contributed by atoms with E-state index in [1.54, 1.807) is 10.9 Å². The molecule has 0 unspecified atom stereocenters. The lowest BCUT2D eigenvalue weighted by Crippen LogP contribution is -2.46. The standard InChI is InChI=1S/C20H26N4O/c1-3-14-4-6-15(7-5-14)18-13-24(19-8-9-21-11-17(18)19)20(25)16-10-22-23(2)12-16/h4-7,10,12,17-19,21H,3,8-9,11,13H2,1-2H3/t17-,18-,19-/m1/s1. The average Bonchev–Trinajstić information content (AvgIpc) is 3.25. The van der Waals surface area contributed by atoms with E-state index in [4.69, 9.17) is 0 Å². The molecule has 2 fully saturated rings. The first-order valence-electron chi connectivity index (χ1n) is 9.26. The third-order valence-corrected chi connectivity index (χ3v) is 5.83. The zero-order valence-electron chi connectivity index (χ0n) is 15.0. The molecule has 3 heterocycles. The van der Waals surface area contributed by atoms with Gasteiger partial charge in [-0.25, -0.2) is 0 Å². The Balaban J connectivity index is 1.61. The molecule has 0 saturated carbocycles. The van der Waals surface area contributed by atoms with Crippen LogP contribution in [0.1, 0.15) is 40.7 Å². The van der Waals surface area contributed by atoms with Gasteiger partial charge in [0.15, 0.2) is 0 Å². The van der Waals surface area contributed by atoms with E-state index in [0.29, 0.717) is 23.4 Å². The molecule has 5 nitrogen and oxygen atoms in total. The highest BCUT2D eigenvalue weighted by atomic mass is 16.2. The molecule has 0 aliphatic carbocycles. The molecule has 0 bridgehead atoms. The number of nitrogens with zero attached hydrogens (tertiary/aromatic N) is 3. The summed E-state index contributed by atoms with van der Waals surface area (Å²) >= 11 is 0. The highest BCUT2D eigenvalue weighted by Crippen LogP contribution is 2.40. The number of rotatable bonds is 3. The fraction of sp³-hybridized carbons (Fsp3) is 0.500. The van der Waals surface area contributed by atoms with Crippen LogP contribution in [0.3, 0.4) is 0 Å². The summed E-state index contributed by atoms with van der Waals surface area (Å²) in [6, 6.07) is 9.29. The average molecular weight is 338 g/mol. The smallest absolute Gasteiger partial charge is 0.257 e. The van der Waals surface area contributed by atoms with Crippen molar-refractivity contribution in [1.82, 2.24) is 20.0 Å². The zero-order chi connectivity index (χ0) is 17.4. The lowest BCUT2D eigenvalue weighted by Gasteiger charge is -2.32. The van der Waals surface area contributed by atoms with Gasteiger partial charge < -0.3 is 10.2 Å². The van der Waals surface area contributed by atoms with Crippen LogP contribution in [-0.4, -0.2) is 46.3 Å². The normalized spacial score (nSPS) is 25.8. The monoisotopic (exact) mass is 338 g/mol. The van der Waals surface area contributed by atoms with Gasteiger partial charge >= 0.3 is 0 Å². The van der Waals surface area contributed by atoms with Crippen molar-refractivity contribution in [3.05, 3.63) is 53.3 Å². The van der Waals surface area contributed by atoms with E-state index in [0.717, 1.165) is 32.5 Å². The Morgan fingerprint density at radius 1 is 1.32 bits per heavy atom. The molecule has 25 heavy (non-hydrogen) atoms. The maximum Gasteiger partial charge on any atom is 0.257 e. The molecule has 132 valence electrons. The first kappa shape index (κ1) is 16.3. The van der Waals surface area contributed by atoms with Crippen LogP contribution in [0.25, 0.3) is 0 Å². The van der Waals surface area contributed by atoms with E-state index >= 15 is 0 Å². The third-order valence-electron chi connectivity index (χ3n) is 5.83. The van der Waals surface area contributed by atoms with E-state index in [-0.39, 0.29) is 5.91 Å². The quantitative estimate of drug-likeness (QED) is 0.933. The molecule has 2 aliphatic rings. The summed E-state index contributed by atoms with van der Waals surface area (Å²) in [5.41, 5.74) is 3.42. The number of carbonyl (C=O) groups is 1. The SMILES string of the molecule is CCc1ccc([C@H]2CN(C(=O)c3cnn(C)c3)[C@@H]3CCNC[C@H]23)cc1. The van der Waals surface area contributed by atoms with Crippen LogP contribution < -0.4 is 5.32 Å². The van der Waals surface area contributed by atoms with Crippen molar-refractivity contribution < 1.29 is 4.79 Å². The second-order valence-corrected chi connectivity index (χ2v) is 7.29. The summed E-state index contributed by atoms with van der Waals surface area (Å²) in [6.45, 7) is 4.96. The molecule has 2 saturated heterocycles. The fourth-order valence-electron chi connectivity index (χ4n) is 4.43. The molecular formula is C20H26N4O. The molecule has 1 aromatic carbocycles. The van der Waals surface area contributed by atoms with Crippen molar-refractivity contribution in [2.45, 2.75) is 31.7 Å². The molecule has 0 spiro atoms. The highest BCUT2D eigenvalue weighted by Gasteiger charge is 2.45. The first-order chi connectivity index (χ1) is 12.2. The zero-order valence-corrected chi connectivity index (χ0v) is 15.0. The predicted molar refractivity (Wildman–Crippen MR) is 97.6 cm³/mol. The number of aryl methyl sites for hydroxylation is 2. The summed E-state index contributed by atoms with van der Waals surface area (Å²) in [4.78, 5) is 15.1. The van der Waals surface area contributed by atoms with Gasteiger partial charge in [-0.2, -0.15) is 5.10 Å². The Kier molecular flexibility index (Phi) is 4.34. The Labute approximate surface area is 149 Å². The Morgan fingerprint density at radius 2 is 2.12 bits per heavy atom. The minimum absolute atomic E-state index is 0.123. The topological polar surface area (TPSA) is 50.2 Å². The molecule has 5 heteroatoms. The highest BCUT2D eigenvalue weighted by molar-refractivity contribution is 5.94. The Bertz CT molecular complexity index is 751. The molecule has 1 N–H and O–H groups in total. The molecule has 4 rings (SSSR count). The van der Waals surface area contributed by atoms with Crippen LogP contribution in [-0.2, 0) is 13.5 Å². The van der Waals surface area contributed by atoms with Crippen molar-refractivity contribution in [3.63, 3.8) is 0 Å². The number of nitrogens with one attached hydrogen (secondary N) is 1. The van der Waals surface area contributed by atoms with Crippen molar-refractivity contribution in [2.24, 2.45) is 13.0 Å². The number of amides is 1. The van der Waals surface area contributed by atoms with Gasteiger partial charge in [-0.05, 0) is 30.5 Å². The van der Waals surface area contributed by atoms with Crippen LogP contribution in [0.2, 0.25) is 0 Å². The Morgan fingerprint density at radius 3 is 2.80 bits per heavy atom. The minimum atomic E-state index is 0.123. The summed E-state index contributed by atoms with van der Waals surface area (Å²) in [6.07, 6.45) is 5.59. The van der Waals surface area contributed by atoms with Gasteiger partial charge in [0.05, 0.1) is 11.8 Å². The summed E-state index contributed by atoms with van der Waals surface area (Å²) < 4.78 is 1.70. The lowest BCUT2D eigenvalue weighted by atomic mass is 9.82. The second kappa shape index (κ2) is 6.64. The van der Waals surface area contributed by atoms with Gasteiger partial charge in [0.2, 0.25) is 0 Å². The van der Waals surface area contributed by atoms with Gasteiger partial charge in [-0.3, -0.25) is 9.48 Å². The van der Waals surface area contributed by atoms with Crippen molar-refractivity contribution in [3.8, 4) is 0 Å². The number of aromatic nitrogens is 2. The van der Waals surface area contributed by atoms with Crippen LogP contribution >= 0.6 is 0 Å². The number of hydrogen-bond acceptors (Lipinski definition) is 3. The summed E-state index contributed by atoms with van der Waals surface area (Å²) in [5.74, 6) is 1.02. The first-order valence-corrected chi connectivity index (χ1v) is 9.26. The minimum Gasteiger partial charge on any atom is -0.335 e. The lowest BCUT2D eigenvalue weighted by molar-refractivity contribution is 0.0697. The van der Waals surface area contributed by atoms with Crippen molar-refractivity contribution in [1.29, 1.82) is 0 Å². The van der Waals surface area contributed by atoms with Crippen LogP contribution in [0.5, 0.6) is 0 Å². The number of piperidine rings is 1. The third kappa shape index (κ3) is 2.97.